The summed E-state index contributed by atoms with van der Waals surface area (Å²) in [5.41, 5.74) is 0. The third kappa shape index (κ3) is 3.50. The van der Waals surface area contributed by atoms with Crippen LogP contribution in [0.2, 0.25) is 0 Å². The highest BCUT2D eigenvalue weighted by molar-refractivity contribution is 8.01. The summed E-state index contributed by atoms with van der Waals surface area (Å²) in [6.07, 6.45) is 0.248. The van der Waals surface area contributed by atoms with Gasteiger partial charge in [-0.2, -0.15) is 0 Å². The molecule has 3 rings (SSSR count). The third-order valence-electron chi connectivity index (χ3n) is 4.43. The van der Waals surface area contributed by atoms with Crippen molar-refractivity contribution < 1.29 is 24.6 Å². The molecule has 1 aromatic rings. The minimum absolute atomic E-state index is 0.191. The monoisotopic (exact) mass is 396 g/mol. The van der Waals surface area contributed by atoms with Crippen molar-refractivity contribution in [3.05, 3.63) is 24.3 Å². The molecule has 2 aliphatic heterocycles. The van der Waals surface area contributed by atoms with Crippen molar-refractivity contribution in [3.8, 4) is 5.75 Å². The summed E-state index contributed by atoms with van der Waals surface area (Å²) in [5, 5.41) is 21.0. The van der Waals surface area contributed by atoms with Crippen LogP contribution in [0.25, 0.3) is 0 Å². The molecule has 2 aliphatic rings. The van der Waals surface area contributed by atoms with Crippen molar-refractivity contribution in [2.45, 2.75) is 47.4 Å². The van der Waals surface area contributed by atoms with Gasteiger partial charge in [0, 0.05) is 21.8 Å². The van der Waals surface area contributed by atoms with E-state index in [0.717, 1.165) is 4.90 Å². The van der Waals surface area contributed by atoms with Gasteiger partial charge in [-0.1, -0.05) is 0 Å². The van der Waals surface area contributed by atoms with Crippen molar-refractivity contribution >= 4 is 41.3 Å². The van der Waals surface area contributed by atoms with Gasteiger partial charge in [0.05, 0.1) is 0 Å². The molecule has 1 aromatic carbocycles. The van der Waals surface area contributed by atoms with Gasteiger partial charge in [0.2, 0.25) is 11.8 Å². The van der Waals surface area contributed by atoms with E-state index in [1.807, 2.05) is 0 Å². The first-order valence-electron chi connectivity index (χ1n) is 8.15. The Balaban J connectivity index is 1.50. The summed E-state index contributed by atoms with van der Waals surface area (Å²) < 4.78 is -0.597. The number of phenols is 1. The van der Waals surface area contributed by atoms with Crippen LogP contribution >= 0.6 is 23.5 Å². The molecule has 0 radical (unpaired) electrons. The summed E-state index contributed by atoms with van der Waals surface area (Å²) in [6.45, 7) is 3.60. The van der Waals surface area contributed by atoms with Crippen LogP contribution in [0.15, 0.2) is 29.2 Å². The predicted molar refractivity (Wildman–Crippen MR) is 99.1 cm³/mol. The fourth-order valence-corrected chi connectivity index (χ4v) is 5.67. The molecule has 0 aromatic heterocycles. The maximum Gasteiger partial charge on any atom is 0.327 e. The van der Waals surface area contributed by atoms with Crippen LogP contribution in [0.4, 0.5) is 0 Å². The van der Waals surface area contributed by atoms with Gasteiger partial charge in [-0.25, -0.2) is 4.79 Å². The van der Waals surface area contributed by atoms with Crippen molar-refractivity contribution in [2.75, 3.05) is 5.75 Å². The number of nitrogens with one attached hydrogen (secondary N) is 1. The Kier molecular flexibility index (Phi) is 5.12. The fourth-order valence-electron chi connectivity index (χ4n) is 3.19. The minimum Gasteiger partial charge on any atom is -0.508 e. The van der Waals surface area contributed by atoms with E-state index in [9.17, 15) is 24.6 Å². The molecule has 3 N–H and O–H groups in total. The highest BCUT2D eigenvalue weighted by Gasteiger charge is 2.64. The second-order valence-corrected chi connectivity index (χ2v) is 9.67. The number of aliphatic carboxylic acids is 1. The number of aromatic hydroxyl groups is 1. The number of β-lactam (4-membered cyclic amide) rings is 1. The highest BCUT2D eigenvalue weighted by Crippen LogP contribution is 2.50. The molecule has 2 saturated heterocycles. The molecule has 9 heteroatoms. The molecule has 7 nitrogen and oxygen atoms in total. The molecule has 0 saturated carbocycles. The van der Waals surface area contributed by atoms with Gasteiger partial charge < -0.3 is 20.4 Å². The lowest BCUT2D eigenvalue weighted by Crippen LogP contribution is -2.70. The molecule has 2 fully saturated rings. The number of carbonyl (C=O) groups excluding carboxylic acids is 2. The van der Waals surface area contributed by atoms with E-state index in [-0.39, 0.29) is 29.4 Å². The Morgan fingerprint density at radius 2 is 1.96 bits per heavy atom. The highest BCUT2D eigenvalue weighted by atomic mass is 32.2. The van der Waals surface area contributed by atoms with E-state index in [0.29, 0.717) is 5.75 Å². The molecule has 0 aliphatic carbocycles. The van der Waals surface area contributed by atoms with E-state index in [4.69, 9.17) is 0 Å². The molecule has 3 atom stereocenters. The zero-order chi connectivity index (χ0) is 19.1. The topological polar surface area (TPSA) is 107 Å². The molecule has 2 heterocycles. The van der Waals surface area contributed by atoms with Crippen molar-refractivity contribution in [2.24, 2.45) is 0 Å². The third-order valence-corrected chi connectivity index (χ3v) is 7.01. The van der Waals surface area contributed by atoms with Crippen LogP contribution in [0.1, 0.15) is 20.3 Å². The molecule has 26 heavy (non-hydrogen) atoms. The van der Waals surface area contributed by atoms with Crippen LogP contribution in [0.3, 0.4) is 0 Å². The van der Waals surface area contributed by atoms with Crippen LogP contribution in [0, 0.1) is 0 Å². The quantitative estimate of drug-likeness (QED) is 0.494. The predicted octanol–water partition coefficient (Wildman–Crippen LogP) is 1.51. The second-order valence-electron chi connectivity index (χ2n) is 6.74. The summed E-state index contributed by atoms with van der Waals surface area (Å²) in [6, 6.07) is 5.19. The lowest BCUT2D eigenvalue weighted by atomic mass is 9.96. The number of amides is 2. The molecular formula is C17H20N2O5S2. The van der Waals surface area contributed by atoms with Crippen LogP contribution in [0.5, 0.6) is 5.75 Å². The van der Waals surface area contributed by atoms with E-state index in [1.54, 1.807) is 38.1 Å². The Morgan fingerprint density at radius 1 is 1.31 bits per heavy atom. The number of carboxylic acid groups (broad SMARTS) is 1. The van der Waals surface area contributed by atoms with E-state index < -0.39 is 22.8 Å². The molecular weight excluding hydrogens is 376 g/mol. The van der Waals surface area contributed by atoms with Gasteiger partial charge in [0.25, 0.3) is 0 Å². The van der Waals surface area contributed by atoms with Crippen LogP contribution in [-0.2, 0) is 14.4 Å². The number of hydrogen-bond acceptors (Lipinski definition) is 6. The van der Waals surface area contributed by atoms with Gasteiger partial charge in [-0.05, 0) is 38.1 Å². The van der Waals surface area contributed by atoms with Gasteiger partial charge in [-0.15, -0.1) is 23.5 Å². The Morgan fingerprint density at radius 3 is 2.58 bits per heavy atom. The first-order valence-corrected chi connectivity index (χ1v) is 10.0. The maximum atomic E-state index is 12.3. The normalized spacial score (nSPS) is 26.2. The van der Waals surface area contributed by atoms with E-state index in [2.05, 4.69) is 5.32 Å². The van der Waals surface area contributed by atoms with Gasteiger partial charge in [0.1, 0.15) is 23.2 Å². The van der Waals surface area contributed by atoms with Crippen LogP contribution in [-0.4, -0.2) is 60.9 Å². The van der Waals surface area contributed by atoms with Crippen molar-refractivity contribution in [1.29, 1.82) is 0 Å². The van der Waals surface area contributed by atoms with E-state index >= 15 is 0 Å². The number of benzene rings is 1. The number of fused-ring (bicyclic) bond motifs is 1. The van der Waals surface area contributed by atoms with Crippen molar-refractivity contribution in [1.82, 2.24) is 10.2 Å². The number of phenolic OH excluding ortho intramolecular Hbond substituents is 1. The second kappa shape index (κ2) is 7.03. The number of nitrogens with zero attached hydrogens (tertiary/aromatic N) is 1. The lowest BCUT2D eigenvalue weighted by molar-refractivity contribution is -0.161. The summed E-state index contributed by atoms with van der Waals surface area (Å²) in [7, 11) is 0. The number of carbonyl (C=O) groups is 3. The smallest absolute Gasteiger partial charge is 0.327 e. The Labute approximate surface area is 159 Å². The van der Waals surface area contributed by atoms with Gasteiger partial charge in [-0.3, -0.25) is 9.59 Å². The van der Waals surface area contributed by atoms with Crippen LogP contribution < -0.4 is 5.32 Å². The SMILES string of the molecule is CC1(C)S[C@@H]2[C@H](NC(=O)CCSc3ccc(O)cc3)C(=O)N2[C@H]1C(=O)O. The maximum absolute atomic E-state index is 12.3. The molecule has 0 bridgehead atoms. The molecule has 0 spiro atoms. The zero-order valence-electron chi connectivity index (χ0n) is 14.3. The average molecular weight is 396 g/mol. The Hall–Kier alpha value is -1.87. The van der Waals surface area contributed by atoms with Crippen molar-refractivity contribution in [3.63, 3.8) is 0 Å². The first kappa shape index (κ1) is 18.9. The number of rotatable bonds is 6. The zero-order valence-corrected chi connectivity index (χ0v) is 16.0. The largest absolute Gasteiger partial charge is 0.508 e. The standard InChI is InChI=1S/C17H20N2O5S2/c1-17(2)13(16(23)24)19-14(22)12(15(19)26-17)18-11(21)7-8-25-10-5-3-9(20)4-6-10/h3-6,12-13,15,20H,7-8H2,1-2H3,(H,18,21)(H,23,24)/t12-,13+,15-/m1/s1. The molecule has 140 valence electrons. The average Bonchev–Trinajstić information content (AvgIpc) is 2.83. The molecule has 2 amide bonds. The first-order chi connectivity index (χ1) is 12.2. The summed E-state index contributed by atoms with van der Waals surface area (Å²) in [4.78, 5) is 38.2. The lowest BCUT2D eigenvalue weighted by Gasteiger charge is -2.43. The van der Waals surface area contributed by atoms with Gasteiger partial charge >= 0.3 is 5.97 Å². The molecule has 0 unspecified atom stereocenters. The van der Waals surface area contributed by atoms with Gasteiger partial charge in [0.15, 0.2) is 0 Å². The number of thioether (sulfide) groups is 2. The Bertz CT molecular complexity index is 737. The van der Waals surface area contributed by atoms with E-state index in [1.165, 1.54) is 28.4 Å². The fraction of sp³-hybridized carbons (Fsp3) is 0.471. The summed E-state index contributed by atoms with van der Waals surface area (Å²) in [5.74, 6) is -0.848. The number of hydrogen-bond donors (Lipinski definition) is 3. The number of carboxylic acids is 1. The summed E-state index contributed by atoms with van der Waals surface area (Å²) >= 11 is 2.89. The minimum atomic E-state index is -1.02.